The Bertz CT molecular complexity index is 907. The number of nitrogens with zero attached hydrogens (tertiary/aromatic N) is 1. The van der Waals surface area contributed by atoms with Gasteiger partial charge in [-0.25, -0.2) is 26.4 Å². The van der Waals surface area contributed by atoms with Gasteiger partial charge in [-0.3, -0.25) is 10.2 Å². The zero-order valence-electron chi connectivity index (χ0n) is 15.6. The van der Waals surface area contributed by atoms with Crippen molar-refractivity contribution in [2.24, 2.45) is 0 Å². The molecule has 3 rings (SSSR count). The second-order valence-corrected chi connectivity index (χ2v) is 11.1. The molecule has 1 aromatic rings. The van der Waals surface area contributed by atoms with Crippen LogP contribution in [0.2, 0.25) is 0 Å². The first-order chi connectivity index (χ1) is 13.2. The van der Waals surface area contributed by atoms with E-state index in [-0.39, 0.29) is 28.5 Å². The topological polar surface area (TPSA) is 122 Å². The van der Waals surface area contributed by atoms with Crippen molar-refractivity contribution in [1.82, 2.24) is 9.62 Å². The number of amides is 1. The summed E-state index contributed by atoms with van der Waals surface area (Å²) >= 11 is 0. The summed E-state index contributed by atoms with van der Waals surface area (Å²) in [6.45, 7) is 1.35. The highest BCUT2D eigenvalue weighted by atomic mass is 32.2. The number of sulfonamides is 1. The Kier molecular flexibility index (Phi) is 6.28. The fourth-order valence-corrected chi connectivity index (χ4v) is 6.69. The van der Waals surface area contributed by atoms with Crippen molar-refractivity contribution in [1.29, 1.82) is 0 Å². The molecule has 2 N–H and O–H groups in total. The van der Waals surface area contributed by atoms with Crippen LogP contribution in [0.5, 0.6) is 0 Å². The number of hydrogen-bond donors (Lipinski definition) is 2. The summed E-state index contributed by atoms with van der Waals surface area (Å²) in [6.07, 6.45) is 1.30. The van der Waals surface area contributed by atoms with Crippen LogP contribution in [0.3, 0.4) is 0 Å². The largest absolute Gasteiger partial charge is 0.453 e. The molecule has 0 bridgehead atoms. The Morgan fingerprint density at radius 1 is 1.14 bits per heavy atom. The van der Waals surface area contributed by atoms with Crippen molar-refractivity contribution in [2.45, 2.75) is 36.2 Å². The van der Waals surface area contributed by atoms with E-state index in [1.54, 1.807) is 0 Å². The fourth-order valence-electron chi connectivity index (χ4n) is 3.62. The summed E-state index contributed by atoms with van der Waals surface area (Å²) < 4.78 is 55.7. The smallest absolute Gasteiger partial charge is 0.411 e. The van der Waals surface area contributed by atoms with E-state index in [4.69, 9.17) is 0 Å². The number of piperidine rings is 1. The maximum absolute atomic E-state index is 12.6. The lowest BCUT2D eigenvalue weighted by molar-refractivity contribution is 0.161. The second-order valence-electron chi connectivity index (χ2n) is 7.13. The summed E-state index contributed by atoms with van der Waals surface area (Å²) in [5.74, 6) is 0.445. The summed E-state index contributed by atoms with van der Waals surface area (Å²) in [5.41, 5.74) is 0.436. The highest BCUT2D eigenvalue weighted by Gasteiger charge is 2.34. The minimum absolute atomic E-state index is 0.0532. The van der Waals surface area contributed by atoms with Gasteiger partial charge in [0.25, 0.3) is 0 Å². The lowest BCUT2D eigenvalue weighted by Crippen LogP contribution is -2.48. The van der Waals surface area contributed by atoms with Crippen LogP contribution in [0.25, 0.3) is 0 Å². The molecule has 2 aliphatic rings. The average molecular weight is 432 g/mol. The molecule has 1 aromatic carbocycles. The van der Waals surface area contributed by atoms with Gasteiger partial charge < -0.3 is 4.74 Å². The molecule has 0 radical (unpaired) electrons. The lowest BCUT2D eigenvalue weighted by Gasteiger charge is -2.35. The van der Waals surface area contributed by atoms with Gasteiger partial charge in [0.2, 0.25) is 10.0 Å². The molecule has 0 aliphatic carbocycles. The SMILES string of the molecule is COC(=O)Nc1ccc(S(=O)(=O)NC2CCN([C@H]3CCS(=O)(=O)C3)CC2)cc1. The first-order valence-corrected chi connectivity index (χ1v) is 12.4. The van der Waals surface area contributed by atoms with E-state index in [0.717, 1.165) is 0 Å². The molecule has 2 fully saturated rings. The van der Waals surface area contributed by atoms with Crippen molar-refractivity contribution in [3.63, 3.8) is 0 Å². The molecule has 1 atom stereocenters. The highest BCUT2D eigenvalue weighted by Crippen LogP contribution is 2.23. The fraction of sp³-hybridized carbons (Fsp3) is 0.588. The van der Waals surface area contributed by atoms with Gasteiger partial charge in [-0.2, -0.15) is 0 Å². The van der Waals surface area contributed by atoms with Crippen molar-refractivity contribution in [3.05, 3.63) is 24.3 Å². The Hall–Kier alpha value is -1.69. The number of likely N-dealkylation sites (tertiary alicyclic amines) is 1. The van der Waals surface area contributed by atoms with Gasteiger partial charge in [-0.05, 0) is 56.6 Å². The molecule has 28 heavy (non-hydrogen) atoms. The molecule has 0 aromatic heterocycles. The minimum Gasteiger partial charge on any atom is -0.453 e. The van der Waals surface area contributed by atoms with Gasteiger partial charge in [-0.15, -0.1) is 0 Å². The van der Waals surface area contributed by atoms with Gasteiger partial charge in [0.15, 0.2) is 9.84 Å². The van der Waals surface area contributed by atoms with Crippen LogP contribution in [-0.4, -0.2) is 71.6 Å². The number of rotatable bonds is 5. The number of carbonyl (C=O) groups excluding carboxylic acids is 1. The number of hydrogen-bond acceptors (Lipinski definition) is 7. The van der Waals surface area contributed by atoms with Gasteiger partial charge in [-0.1, -0.05) is 0 Å². The van der Waals surface area contributed by atoms with Gasteiger partial charge in [0.05, 0.1) is 23.5 Å². The normalized spacial score (nSPS) is 23.4. The molecule has 0 spiro atoms. The molecular weight excluding hydrogens is 406 g/mol. The van der Waals surface area contributed by atoms with Crippen LogP contribution in [-0.2, 0) is 24.6 Å². The number of carbonyl (C=O) groups is 1. The summed E-state index contributed by atoms with van der Waals surface area (Å²) in [4.78, 5) is 13.5. The maximum atomic E-state index is 12.6. The number of nitrogens with one attached hydrogen (secondary N) is 2. The van der Waals surface area contributed by atoms with Crippen LogP contribution >= 0.6 is 0 Å². The minimum atomic E-state index is -3.67. The summed E-state index contributed by atoms with van der Waals surface area (Å²) in [6, 6.07) is 5.70. The Labute approximate surface area is 165 Å². The maximum Gasteiger partial charge on any atom is 0.411 e. The van der Waals surface area contributed by atoms with Gasteiger partial charge in [0.1, 0.15) is 0 Å². The van der Waals surface area contributed by atoms with E-state index in [1.165, 1.54) is 31.4 Å². The molecule has 2 aliphatic heterocycles. The van der Waals surface area contributed by atoms with Crippen molar-refractivity contribution in [3.8, 4) is 0 Å². The summed E-state index contributed by atoms with van der Waals surface area (Å²) in [5, 5.41) is 2.46. The zero-order chi connectivity index (χ0) is 20.4. The van der Waals surface area contributed by atoms with Crippen LogP contribution < -0.4 is 10.0 Å². The predicted octanol–water partition coefficient (Wildman–Crippen LogP) is 0.795. The van der Waals surface area contributed by atoms with Gasteiger partial charge >= 0.3 is 6.09 Å². The highest BCUT2D eigenvalue weighted by molar-refractivity contribution is 7.91. The van der Waals surface area contributed by atoms with Crippen LogP contribution in [0.15, 0.2) is 29.2 Å². The molecule has 2 heterocycles. The second kappa shape index (κ2) is 8.36. The third-order valence-electron chi connectivity index (χ3n) is 5.17. The first kappa shape index (κ1) is 21.0. The number of anilines is 1. The number of benzene rings is 1. The average Bonchev–Trinajstić information content (AvgIpc) is 3.02. The standard InChI is InChI=1S/C17H25N3O6S2/c1-26-17(21)18-13-2-4-16(5-3-13)28(24,25)19-14-6-9-20(10-7-14)15-8-11-27(22,23)12-15/h2-5,14-15,19H,6-12H2,1H3,(H,18,21)/t15-/m0/s1. The lowest BCUT2D eigenvalue weighted by atomic mass is 10.0. The molecule has 156 valence electrons. The molecular formula is C17H25N3O6S2. The Balaban J connectivity index is 1.54. The number of sulfone groups is 1. The van der Waals surface area contributed by atoms with Gasteiger partial charge in [0, 0.05) is 17.8 Å². The van der Waals surface area contributed by atoms with E-state index < -0.39 is 26.0 Å². The zero-order valence-corrected chi connectivity index (χ0v) is 17.3. The first-order valence-electron chi connectivity index (χ1n) is 9.10. The van der Waals surface area contributed by atoms with Crippen LogP contribution in [0.4, 0.5) is 10.5 Å². The predicted molar refractivity (Wildman–Crippen MR) is 104 cm³/mol. The molecule has 0 unspecified atom stereocenters. The quantitative estimate of drug-likeness (QED) is 0.707. The van der Waals surface area contributed by atoms with E-state index >= 15 is 0 Å². The third kappa shape index (κ3) is 5.22. The van der Waals surface area contributed by atoms with Crippen molar-refractivity contribution in [2.75, 3.05) is 37.0 Å². The van der Waals surface area contributed by atoms with Crippen molar-refractivity contribution >= 4 is 31.6 Å². The van der Waals surface area contributed by atoms with Crippen LogP contribution in [0, 0.1) is 0 Å². The van der Waals surface area contributed by atoms with E-state index in [2.05, 4.69) is 19.7 Å². The number of methoxy groups -OCH3 is 1. The monoisotopic (exact) mass is 431 g/mol. The summed E-state index contributed by atoms with van der Waals surface area (Å²) in [7, 11) is -5.35. The molecule has 1 amide bonds. The molecule has 0 saturated carbocycles. The van der Waals surface area contributed by atoms with E-state index in [9.17, 15) is 21.6 Å². The molecule has 2 saturated heterocycles. The van der Waals surface area contributed by atoms with Crippen molar-refractivity contribution < 1.29 is 26.4 Å². The van der Waals surface area contributed by atoms with E-state index in [1.807, 2.05) is 0 Å². The van der Waals surface area contributed by atoms with Crippen LogP contribution in [0.1, 0.15) is 19.3 Å². The molecule has 11 heteroatoms. The van der Waals surface area contributed by atoms with E-state index in [0.29, 0.717) is 38.0 Å². The number of ether oxygens (including phenoxy) is 1. The Morgan fingerprint density at radius 2 is 1.79 bits per heavy atom. The third-order valence-corrected chi connectivity index (χ3v) is 8.46. The Morgan fingerprint density at radius 3 is 2.32 bits per heavy atom. The molecule has 9 nitrogen and oxygen atoms in total.